The number of benzene rings is 2. The van der Waals surface area contributed by atoms with E-state index in [0.717, 1.165) is 15.8 Å². The normalized spacial score (nSPS) is 10.2. The maximum atomic E-state index is 12.2. The van der Waals surface area contributed by atoms with Crippen LogP contribution in [0.5, 0.6) is 11.5 Å². The number of nitrogens with zero attached hydrogens (tertiary/aromatic N) is 1. The molecule has 25 heavy (non-hydrogen) atoms. The summed E-state index contributed by atoms with van der Waals surface area (Å²) in [5.74, 6) is 1.41. The third-order valence-electron chi connectivity index (χ3n) is 3.51. The predicted molar refractivity (Wildman–Crippen MR) is 103 cm³/mol. The van der Waals surface area contributed by atoms with Crippen LogP contribution in [-0.4, -0.2) is 38.2 Å². The van der Waals surface area contributed by atoms with Crippen LogP contribution in [0.4, 0.5) is 4.79 Å². The van der Waals surface area contributed by atoms with Crippen molar-refractivity contribution in [2.45, 2.75) is 6.54 Å². The summed E-state index contributed by atoms with van der Waals surface area (Å²) < 4.78 is 11.8. The average Bonchev–Trinajstić information content (AvgIpc) is 2.59. The smallest absolute Gasteiger partial charge is 0.317 e. The highest BCUT2D eigenvalue weighted by Crippen LogP contribution is 2.22. The Bertz CT molecular complexity index is 727. The van der Waals surface area contributed by atoms with Crippen molar-refractivity contribution in [3.05, 3.63) is 57.5 Å². The molecule has 0 atom stereocenters. The molecule has 1 N–H and O–H groups in total. The number of rotatable bonds is 7. The van der Waals surface area contributed by atoms with E-state index in [1.54, 1.807) is 31.2 Å². The molecular formula is C18H20BrClN2O3. The fourth-order valence-electron chi connectivity index (χ4n) is 2.15. The van der Waals surface area contributed by atoms with Crippen LogP contribution in [0, 0.1) is 0 Å². The molecule has 134 valence electrons. The van der Waals surface area contributed by atoms with Gasteiger partial charge in [-0.1, -0.05) is 33.6 Å². The van der Waals surface area contributed by atoms with E-state index >= 15 is 0 Å². The standard InChI is InChI=1S/C18H20BrClN2O3/c1-22(8-9-25-16-5-3-4-15(20)11-16)18(23)21-12-13-10-14(19)6-7-17(13)24-2/h3-7,10-11H,8-9,12H2,1-2H3,(H,21,23). The lowest BCUT2D eigenvalue weighted by molar-refractivity contribution is 0.195. The molecule has 0 aliphatic rings. The lowest BCUT2D eigenvalue weighted by atomic mass is 10.2. The van der Waals surface area contributed by atoms with Crippen LogP contribution in [0.3, 0.4) is 0 Å². The summed E-state index contributed by atoms with van der Waals surface area (Å²) in [7, 11) is 3.32. The Labute approximate surface area is 161 Å². The van der Waals surface area contributed by atoms with Crippen molar-refractivity contribution in [1.29, 1.82) is 0 Å². The maximum absolute atomic E-state index is 12.2. The summed E-state index contributed by atoms with van der Waals surface area (Å²) in [5, 5.41) is 3.49. The number of halogens is 2. The third-order valence-corrected chi connectivity index (χ3v) is 4.24. The first-order valence-electron chi connectivity index (χ1n) is 7.69. The van der Waals surface area contributed by atoms with Crippen LogP contribution in [-0.2, 0) is 6.54 Å². The fraction of sp³-hybridized carbons (Fsp3) is 0.278. The minimum Gasteiger partial charge on any atom is -0.496 e. The van der Waals surface area contributed by atoms with E-state index < -0.39 is 0 Å². The lowest BCUT2D eigenvalue weighted by Gasteiger charge is -2.19. The summed E-state index contributed by atoms with van der Waals surface area (Å²) in [5.41, 5.74) is 0.897. The van der Waals surface area contributed by atoms with Gasteiger partial charge in [0.15, 0.2) is 0 Å². The molecule has 0 spiro atoms. The van der Waals surface area contributed by atoms with Gasteiger partial charge in [-0.3, -0.25) is 0 Å². The van der Waals surface area contributed by atoms with Crippen molar-refractivity contribution in [3.63, 3.8) is 0 Å². The highest BCUT2D eigenvalue weighted by atomic mass is 79.9. The second kappa shape index (κ2) is 9.53. The predicted octanol–water partition coefficient (Wildman–Crippen LogP) is 4.33. The molecular weight excluding hydrogens is 408 g/mol. The van der Waals surface area contributed by atoms with Gasteiger partial charge >= 0.3 is 6.03 Å². The number of hydrogen-bond donors (Lipinski definition) is 1. The second-order valence-electron chi connectivity index (χ2n) is 5.34. The molecule has 2 aromatic rings. The Morgan fingerprint density at radius 3 is 2.80 bits per heavy atom. The minimum absolute atomic E-state index is 0.184. The molecule has 0 heterocycles. The lowest BCUT2D eigenvalue weighted by Crippen LogP contribution is -2.39. The zero-order valence-corrected chi connectivity index (χ0v) is 16.4. The summed E-state index contributed by atoms with van der Waals surface area (Å²) in [6, 6.07) is 12.6. The van der Waals surface area contributed by atoms with E-state index in [0.29, 0.717) is 30.5 Å². The fourth-order valence-corrected chi connectivity index (χ4v) is 2.74. The van der Waals surface area contributed by atoms with E-state index in [4.69, 9.17) is 21.1 Å². The maximum Gasteiger partial charge on any atom is 0.317 e. The molecule has 2 amide bonds. The van der Waals surface area contributed by atoms with E-state index in [9.17, 15) is 4.79 Å². The van der Waals surface area contributed by atoms with Crippen molar-refractivity contribution in [2.75, 3.05) is 27.3 Å². The average molecular weight is 428 g/mol. The quantitative estimate of drug-likeness (QED) is 0.715. The van der Waals surface area contributed by atoms with Gasteiger partial charge in [0.2, 0.25) is 0 Å². The van der Waals surface area contributed by atoms with Crippen LogP contribution < -0.4 is 14.8 Å². The molecule has 0 radical (unpaired) electrons. The molecule has 2 rings (SSSR count). The highest BCUT2D eigenvalue weighted by Gasteiger charge is 2.10. The Hall–Kier alpha value is -1.92. The molecule has 0 aromatic heterocycles. The van der Waals surface area contributed by atoms with Crippen LogP contribution in [0.25, 0.3) is 0 Å². The van der Waals surface area contributed by atoms with Crippen LogP contribution >= 0.6 is 27.5 Å². The van der Waals surface area contributed by atoms with Gasteiger partial charge in [0.1, 0.15) is 18.1 Å². The number of amides is 2. The van der Waals surface area contributed by atoms with Gasteiger partial charge in [-0.15, -0.1) is 0 Å². The van der Waals surface area contributed by atoms with Gasteiger partial charge in [0, 0.05) is 28.7 Å². The number of likely N-dealkylation sites (N-methyl/N-ethyl adjacent to an activating group) is 1. The van der Waals surface area contributed by atoms with Crippen molar-refractivity contribution >= 4 is 33.6 Å². The third kappa shape index (κ3) is 6.14. The molecule has 5 nitrogen and oxygen atoms in total. The molecule has 7 heteroatoms. The summed E-state index contributed by atoms with van der Waals surface area (Å²) in [4.78, 5) is 13.7. The zero-order chi connectivity index (χ0) is 18.2. The summed E-state index contributed by atoms with van der Waals surface area (Å²) in [6.07, 6.45) is 0. The second-order valence-corrected chi connectivity index (χ2v) is 6.69. The number of urea groups is 1. The van der Waals surface area contributed by atoms with Gasteiger partial charge in [0.05, 0.1) is 13.7 Å². The highest BCUT2D eigenvalue weighted by molar-refractivity contribution is 9.10. The van der Waals surface area contributed by atoms with Gasteiger partial charge in [-0.2, -0.15) is 0 Å². The first-order valence-corrected chi connectivity index (χ1v) is 8.86. The van der Waals surface area contributed by atoms with E-state index in [-0.39, 0.29) is 6.03 Å². The van der Waals surface area contributed by atoms with Crippen molar-refractivity contribution in [1.82, 2.24) is 10.2 Å². The number of hydrogen-bond acceptors (Lipinski definition) is 3. The van der Waals surface area contributed by atoms with Crippen LogP contribution in [0.15, 0.2) is 46.9 Å². The number of carbonyl (C=O) groups excluding carboxylic acids is 1. The van der Waals surface area contributed by atoms with E-state index in [1.165, 1.54) is 0 Å². The molecule has 0 saturated heterocycles. The SMILES string of the molecule is COc1ccc(Br)cc1CNC(=O)N(C)CCOc1cccc(Cl)c1. The van der Waals surface area contributed by atoms with Crippen molar-refractivity contribution in [3.8, 4) is 11.5 Å². The van der Waals surface area contributed by atoms with Crippen molar-refractivity contribution < 1.29 is 14.3 Å². The first kappa shape index (κ1) is 19.4. The van der Waals surface area contributed by atoms with Gasteiger partial charge in [-0.25, -0.2) is 4.79 Å². The molecule has 0 fully saturated rings. The van der Waals surface area contributed by atoms with Gasteiger partial charge in [0.25, 0.3) is 0 Å². The van der Waals surface area contributed by atoms with Gasteiger partial charge < -0.3 is 19.7 Å². The van der Waals surface area contributed by atoms with E-state index in [2.05, 4.69) is 21.2 Å². The number of nitrogens with one attached hydrogen (secondary N) is 1. The molecule has 0 bridgehead atoms. The number of ether oxygens (including phenoxy) is 2. The number of methoxy groups -OCH3 is 1. The monoisotopic (exact) mass is 426 g/mol. The minimum atomic E-state index is -0.184. The summed E-state index contributed by atoms with van der Waals surface area (Å²) >= 11 is 9.32. The van der Waals surface area contributed by atoms with Crippen molar-refractivity contribution in [2.24, 2.45) is 0 Å². The molecule has 2 aromatic carbocycles. The van der Waals surface area contributed by atoms with Crippen LogP contribution in [0.1, 0.15) is 5.56 Å². The Balaban J connectivity index is 1.79. The Morgan fingerprint density at radius 1 is 1.28 bits per heavy atom. The first-order chi connectivity index (χ1) is 12.0. The zero-order valence-electron chi connectivity index (χ0n) is 14.1. The molecule has 0 aliphatic heterocycles. The summed E-state index contributed by atoms with van der Waals surface area (Å²) in [6.45, 7) is 1.21. The van der Waals surface area contributed by atoms with Gasteiger partial charge in [-0.05, 0) is 36.4 Å². The molecule has 0 saturated carbocycles. The molecule has 0 unspecified atom stereocenters. The number of carbonyl (C=O) groups is 1. The largest absolute Gasteiger partial charge is 0.496 e. The molecule has 0 aliphatic carbocycles. The van der Waals surface area contributed by atoms with Crippen LogP contribution in [0.2, 0.25) is 5.02 Å². The Kier molecular flexibility index (Phi) is 7.40. The Morgan fingerprint density at radius 2 is 2.08 bits per heavy atom. The topological polar surface area (TPSA) is 50.8 Å². The van der Waals surface area contributed by atoms with E-state index in [1.807, 2.05) is 30.3 Å².